The van der Waals surface area contributed by atoms with Crippen molar-refractivity contribution in [2.24, 2.45) is 0 Å². The fraction of sp³-hybridized carbons (Fsp3) is 0.241. The first-order valence-electron chi connectivity index (χ1n) is 12.8. The first kappa shape index (κ1) is 24.7. The molecule has 9 nitrogen and oxygen atoms in total. The van der Waals surface area contributed by atoms with Crippen LogP contribution in [0.25, 0.3) is 22.2 Å². The molecule has 198 valence electrons. The van der Waals surface area contributed by atoms with Crippen molar-refractivity contribution in [3.8, 4) is 28.4 Å². The van der Waals surface area contributed by atoms with Gasteiger partial charge >= 0.3 is 0 Å². The van der Waals surface area contributed by atoms with E-state index in [1.165, 1.54) is 18.5 Å². The Bertz CT molecular complexity index is 1600. The summed E-state index contributed by atoms with van der Waals surface area (Å²) in [7, 11) is 0. The van der Waals surface area contributed by atoms with Gasteiger partial charge in [-0.1, -0.05) is 12.1 Å². The zero-order valence-electron chi connectivity index (χ0n) is 21.5. The molecule has 1 aliphatic heterocycles. The molecule has 3 aromatic heterocycles. The molecule has 1 unspecified atom stereocenters. The van der Waals surface area contributed by atoms with Gasteiger partial charge in [0.2, 0.25) is 0 Å². The van der Waals surface area contributed by atoms with E-state index in [1.54, 1.807) is 18.5 Å². The third-order valence-corrected chi connectivity index (χ3v) is 6.79. The van der Waals surface area contributed by atoms with E-state index in [9.17, 15) is 4.39 Å². The van der Waals surface area contributed by atoms with Gasteiger partial charge in [-0.05, 0) is 44.0 Å². The summed E-state index contributed by atoms with van der Waals surface area (Å²) in [6, 6.07) is 12.2. The summed E-state index contributed by atoms with van der Waals surface area (Å²) in [6.45, 7) is 3.94. The molecule has 1 atom stereocenters. The molecule has 0 radical (unpaired) electrons. The number of benzene rings is 2. The van der Waals surface area contributed by atoms with Gasteiger partial charge in [0, 0.05) is 60.5 Å². The molecule has 4 heterocycles. The van der Waals surface area contributed by atoms with Crippen molar-refractivity contribution in [3.63, 3.8) is 0 Å². The van der Waals surface area contributed by atoms with Crippen LogP contribution in [0, 0.1) is 12.7 Å². The molecule has 1 fully saturated rings. The number of aromatic nitrogens is 5. The topological polar surface area (TPSA) is 113 Å². The minimum Gasteiger partial charge on any atom is -0.489 e. The predicted molar refractivity (Wildman–Crippen MR) is 146 cm³/mol. The molecule has 3 N–H and O–H groups in total. The van der Waals surface area contributed by atoms with Crippen LogP contribution in [0.1, 0.15) is 30.3 Å². The number of nitrogens with zero attached hydrogens (tertiary/aromatic N) is 5. The van der Waals surface area contributed by atoms with E-state index in [-0.39, 0.29) is 6.61 Å². The number of anilines is 1. The van der Waals surface area contributed by atoms with Crippen LogP contribution in [0.2, 0.25) is 0 Å². The first-order chi connectivity index (χ1) is 19.0. The normalized spacial score (nSPS) is 15.4. The van der Waals surface area contributed by atoms with Gasteiger partial charge in [-0.2, -0.15) is 0 Å². The lowest BCUT2D eigenvalue weighted by Gasteiger charge is -2.24. The van der Waals surface area contributed by atoms with E-state index in [2.05, 4.69) is 36.0 Å². The maximum absolute atomic E-state index is 14.3. The fourth-order valence-electron chi connectivity index (χ4n) is 4.85. The maximum atomic E-state index is 14.3. The second kappa shape index (κ2) is 10.7. The van der Waals surface area contributed by atoms with Crippen LogP contribution in [0.5, 0.6) is 17.2 Å². The zero-order valence-corrected chi connectivity index (χ0v) is 21.5. The van der Waals surface area contributed by atoms with Crippen molar-refractivity contribution in [1.82, 2.24) is 29.8 Å². The summed E-state index contributed by atoms with van der Waals surface area (Å²) in [5, 5.41) is 4.30. The van der Waals surface area contributed by atoms with Crippen molar-refractivity contribution >= 4 is 16.9 Å². The van der Waals surface area contributed by atoms with Gasteiger partial charge < -0.3 is 25.1 Å². The van der Waals surface area contributed by atoms with E-state index < -0.39 is 5.82 Å². The molecule has 1 saturated heterocycles. The highest BCUT2D eigenvalue weighted by Gasteiger charge is 2.22. The van der Waals surface area contributed by atoms with Crippen LogP contribution >= 0.6 is 0 Å². The Labute approximate surface area is 224 Å². The van der Waals surface area contributed by atoms with Gasteiger partial charge in [0.05, 0.1) is 5.39 Å². The van der Waals surface area contributed by atoms with E-state index in [4.69, 9.17) is 15.2 Å². The lowest BCUT2D eigenvalue weighted by molar-refractivity contribution is 0.301. The van der Waals surface area contributed by atoms with E-state index >= 15 is 0 Å². The molecule has 0 aliphatic carbocycles. The third-order valence-electron chi connectivity index (χ3n) is 6.79. The van der Waals surface area contributed by atoms with Crippen molar-refractivity contribution in [2.75, 3.05) is 18.8 Å². The van der Waals surface area contributed by atoms with Crippen LogP contribution in [0.15, 0.2) is 67.4 Å². The van der Waals surface area contributed by atoms with Gasteiger partial charge in [-0.3, -0.25) is 0 Å². The van der Waals surface area contributed by atoms with Crippen LogP contribution in [-0.2, 0) is 6.61 Å². The van der Waals surface area contributed by atoms with Gasteiger partial charge in [0.15, 0.2) is 0 Å². The number of nitrogens with one attached hydrogen (secondary N) is 1. The highest BCUT2D eigenvalue weighted by molar-refractivity contribution is 6.00. The van der Waals surface area contributed by atoms with Crippen LogP contribution < -0.4 is 20.5 Å². The number of aryl methyl sites for hydroxylation is 1. The lowest BCUT2D eigenvalue weighted by Crippen LogP contribution is -2.31. The molecule has 39 heavy (non-hydrogen) atoms. The average molecular weight is 526 g/mol. The Morgan fingerprint density at radius 2 is 1.82 bits per heavy atom. The summed E-state index contributed by atoms with van der Waals surface area (Å²) >= 11 is 0. The summed E-state index contributed by atoms with van der Waals surface area (Å²) in [6.07, 6.45) is 9.17. The fourth-order valence-corrected chi connectivity index (χ4v) is 4.85. The largest absolute Gasteiger partial charge is 0.489 e. The number of ether oxygens (including phenoxy) is 2. The molecule has 0 spiro atoms. The highest BCUT2D eigenvalue weighted by atomic mass is 19.1. The Balaban J connectivity index is 1.22. The monoisotopic (exact) mass is 525 g/mol. The molecular formula is C29H28FN7O2. The molecule has 0 bridgehead atoms. The number of rotatable bonds is 7. The zero-order chi connectivity index (χ0) is 26.8. The molecule has 0 amide bonds. The Morgan fingerprint density at radius 1 is 1.03 bits per heavy atom. The summed E-state index contributed by atoms with van der Waals surface area (Å²) < 4.78 is 28.2. The Morgan fingerprint density at radius 3 is 2.59 bits per heavy atom. The van der Waals surface area contributed by atoms with Crippen molar-refractivity contribution < 1.29 is 13.9 Å². The number of hydrogen-bond donors (Lipinski definition) is 2. The number of nitrogens with two attached hydrogens (primary N) is 1. The van der Waals surface area contributed by atoms with Crippen LogP contribution in [0.4, 0.5) is 10.2 Å². The van der Waals surface area contributed by atoms with Crippen molar-refractivity contribution in [1.29, 1.82) is 0 Å². The summed E-state index contributed by atoms with van der Waals surface area (Å²) in [4.78, 5) is 17.1. The number of piperidine rings is 1. The first-order valence-corrected chi connectivity index (χ1v) is 12.8. The molecule has 2 aromatic carbocycles. The van der Waals surface area contributed by atoms with E-state index in [1.807, 2.05) is 31.2 Å². The number of fused-ring (bicyclic) bond motifs is 1. The molecule has 5 aromatic rings. The number of nitrogen functional groups attached to an aromatic ring is 1. The quantitative estimate of drug-likeness (QED) is 0.298. The van der Waals surface area contributed by atoms with Gasteiger partial charge in [-0.15, -0.1) is 0 Å². The smallest absolute Gasteiger partial charge is 0.146 e. The maximum Gasteiger partial charge on any atom is 0.146 e. The Hall–Kier alpha value is -4.57. The molecule has 1 aliphatic rings. The highest BCUT2D eigenvalue weighted by Crippen LogP contribution is 2.36. The van der Waals surface area contributed by atoms with Crippen LogP contribution in [0.3, 0.4) is 0 Å². The second-order valence-electron chi connectivity index (χ2n) is 9.58. The van der Waals surface area contributed by atoms with Gasteiger partial charge in [0.1, 0.15) is 53.3 Å². The predicted octanol–water partition coefficient (Wildman–Crippen LogP) is 5.21. The number of halogens is 1. The van der Waals surface area contributed by atoms with Gasteiger partial charge in [0.25, 0.3) is 0 Å². The molecule has 6 rings (SSSR count). The third kappa shape index (κ3) is 5.37. The second-order valence-corrected chi connectivity index (χ2v) is 9.58. The lowest BCUT2D eigenvalue weighted by atomic mass is 10.1. The Kier molecular flexibility index (Phi) is 6.76. The summed E-state index contributed by atoms with van der Waals surface area (Å²) in [5.74, 6) is 1.91. The minimum atomic E-state index is -0.459. The van der Waals surface area contributed by atoms with Crippen molar-refractivity contribution in [3.05, 3.63) is 84.6 Å². The van der Waals surface area contributed by atoms with Crippen LogP contribution in [-0.4, -0.2) is 37.6 Å². The minimum absolute atomic E-state index is 0.217. The van der Waals surface area contributed by atoms with E-state index in [0.29, 0.717) is 34.9 Å². The molecule has 0 saturated carbocycles. The van der Waals surface area contributed by atoms with Crippen molar-refractivity contribution in [2.45, 2.75) is 32.4 Å². The summed E-state index contributed by atoms with van der Waals surface area (Å²) in [5.41, 5.74) is 9.84. The average Bonchev–Trinajstić information content (AvgIpc) is 3.34. The molecular weight excluding hydrogens is 497 g/mol. The van der Waals surface area contributed by atoms with E-state index in [0.717, 1.165) is 53.7 Å². The van der Waals surface area contributed by atoms with Gasteiger partial charge in [-0.25, -0.2) is 24.3 Å². The SMILES string of the molecule is Cc1ncc(COc2cc(F)cc(Oc3ccc(-c4cn(C5CCCNC5)c5ncnc(N)c45)cc3)c2)cn1. The molecule has 10 heteroatoms. The number of hydrogen-bond acceptors (Lipinski definition) is 8. The standard InChI is InChI=1S/C29H28FN7O2/c1-18-33-12-19(13-34-18)16-38-24-9-21(30)10-25(11-24)39-23-6-4-20(5-7-23)26-15-37(22-3-2-8-32-14-22)29-27(26)28(31)35-17-36-29/h4-7,9-13,15,17,22,32H,2-3,8,14,16H2,1H3,(H2,31,35,36).